The molecule has 0 aliphatic rings. The molecule has 1 heterocycles. The number of hydrogen-bond donors (Lipinski definition) is 2. The van der Waals surface area contributed by atoms with E-state index in [1.807, 2.05) is 19.1 Å². The summed E-state index contributed by atoms with van der Waals surface area (Å²) in [5.74, 6) is 0. The van der Waals surface area contributed by atoms with Crippen LogP contribution in [0.1, 0.15) is 18.1 Å². The Balaban J connectivity index is 2.33. The average Bonchev–Trinajstić information content (AvgIpc) is 2.67. The number of nitrogens with one attached hydrogen (secondary N) is 1. The number of aromatic nitrogens is 2. The lowest BCUT2D eigenvalue weighted by atomic mass is 10.1. The maximum Gasteiger partial charge on any atom is 0.321 e. The van der Waals surface area contributed by atoms with Crippen LogP contribution in [0.2, 0.25) is 0 Å². The van der Waals surface area contributed by atoms with E-state index >= 15 is 0 Å². The summed E-state index contributed by atoms with van der Waals surface area (Å²) in [7, 11) is 0. The molecule has 0 bridgehead atoms. The van der Waals surface area contributed by atoms with Crippen LogP contribution in [-0.4, -0.2) is 10.2 Å². The van der Waals surface area contributed by atoms with Crippen LogP contribution in [-0.2, 0) is 6.42 Å². The van der Waals surface area contributed by atoms with Crippen molar-refractivity contribution in [2.24, 2.45) is 0 Å². The number of benzene rings is 1. The maximum absolute atomic E-state index is 5.36. The summed E-state index contributed by atoms with van der Waals surface area (Å²) >= 11 is 0. The smallest absolute Gasteiger partial charge is 0.321 e. The highest BCUT2D eigenvalue weighted by molar-refractivity contribution is 5.62. The van der Waals surface area contributed by atoms with Gasteiger partial charge < -0.3 is 15.5 Å². The minimum absolute atomic E-state index is 0.0640. The van der Waals surface area contributed by atoms with Crippen molar-refractivity contribution in [3.63, 3.8) is 0 Å². The third kappa shape index (κ3) is 1.98. The van der Waals surface area contributed by atoms with Gasteiger partial charge in [0.15, 0.2) is 0 Å². The van der Waals surface area contributed by atoms with Crippen molar-refractivity contribution < 1.29 is 4.42 Å². The Bertz CT molecular complexity index is 492. The molecule has 2 aromatic rings. The first kappa shape index (κ1) is 10.5. The molecule has 0 fully saturated rings. The second kappa shape index (κ2) is 4.22. The van der Waals surface area contributed by atoms with E-state index in [1.54, 1.807) is 0 Å². The van der Waals surface area contributed by atoms with Crippen molar-refractivity contribution in [1.29, 1.82) is 0 Å². The summed E-state index contributed by atoms with van der Waals surface area (Å²) in [4.78, 5) is 0. The summed E-state index contributed by atoms with van der Waals surface area (Å²) in [6.45, 7) is 4.13. The Hall–Kier alpha value is -2.04. The number of para-hydroxylation sites is 1. The van der Waals surface area contributed by atoms with Gasteiger partial charge in [-0.05, 0) is 24.5 Å². The van der Waals surface area contributed by atoms with Crippen molar-refractivity contribution >= 4 is 17.7 Å². The molecule has 2 rings (SSSR count). The molecular formula is C11H14N4O. The van der Waals surface area contributed by atoms with Crippen LogP contribution in [0.25, 0.3) is 0 Å². The van der Waals surface area contributed by atoms with Crippen LogP contribution >= 0.6 is 0 Å². The molecule has 0 unspecified atom stereocenters. The van der Waals surface area contributed by atoms with E-state index in [0.717, 1.165) is 17.7 Å². The molecule has 5 nitrogen and oxygen atoms in total. The Morgan fingerprint density at radius 1 is 1.38 bits per heavy atom. The lowest BCUT2D eigenvalue weighted by Crippen LogP contribution is -1.98. The Morgan fingerprint density at radius 3 is 2.81 bits per heavy atom. The first-order valence-electron chi connectivity index (χ1n) is 5.15. The molecule has 0 spiro atoms. The minimum atomic E-state index is 0.0640. The number of anilines is 3. The number of nitrogens with two attached hydrogens (primary N) is 1. The third-order valence-corrected chi connectivity index (χ3v) is 2.41. The molecule has 1 aromatic carbocycles. The number of nitrogen functional groups attached to an aromatic ring is 1. The van der Waals surface area contributed by atoms with Crippen molar-refractivity contribution in [3.05, 3.63) is 29.3 Å². The molecule has 1 aromatic heterocycles. The van der Waals surface area contributed by atoms with Crippen LogP contribution in [0.4, 0.5) is 17.7 Å². The standard InChI is InChI=1S/C11H14N4O/c1-3-8-6-4-5-7(2)9(8)13-11-15-14-10(12)16-11/h4-6H,3H2,1-2H3,(H2,12,14)(H,13,15). The van der Waals surface area contributed by atoms with E-state index in [0.29, 0.717) is 6.01 Å². The van der Waals surface area contributed by atoms with E-state index in [1.165, 1.54) is 5.56 Å². The summed E-state index contributed by atoms with van der Waals surface area (Å²) in [5.41, 5.74) is 8.71. The van der Waals surface area contributed by atoms with Gasteiger partial charge in [-0.2, -0.15) is 0 Å². The van der Waals surface area contributed by atoms with Gasteiger partial charge in [-0.3, -0.25) is 0 Å². The average molecular weight is 218 g/mol. The largest absolute Gasteiger partial charge is 0.389 e. The van der Waals surface area contributed by atoms with Crippen LogP contribution in [0.15, 0.2) is 22.6 Å². The van der Waals surface area contributed by atoms with Gasteiger partial charge in [-0.25, -0.2) is 0 Å². The van der Waals surface area contributed by atoms with Crippen molar-refractivity contribution in [2.45, 2.75) is 20.3 Å². The highest BCUT2D eigenvalue weighted by atomic mass is 16.4. The SMILES string of the molecule is CCc1cccc(C)c1Nc1nnc(N)o1. The van der Waals surface area contributed by atoms with Gasteiger partial charge in [0.2, 0.25) is 0 Å². The summed E-state index contributed by atoms with van der Waals surface area (Å²) < 4.78 is 5.09. The molecule has 0 radical (unpaired) electrons. The summed E-state index contributed by atoms with van der Waals surface area (Å²) in [5, 5.41) is 10.5. The van der Waals surface area contributed by atoms with Crippen LogP contribution in [0, 0.1) is 6.92 Å². The van der Waals surface area contributed by atoms with E-state index in [4.69, 9.17) is 10.2 Å². The highest BCUT2D eigenvalue weighted by Crippen LogP contribution is 2.24. The van der Waals surface area contributed by atoms with Crippen molar-refractivity contribution in [2.75, 3.05) is 11.1 Å². The van der Waals surface area contributed by atoms with Crippen LogP contribution in [0.3, 0.4) is 0 Å². The van der Waals surface area contributed by atoms with Crippen molar-refractivity contribution in [1.82, 2.24) is 10.2 Å². The van der Waals surface area contributed by atoms with Gasteiger partial charge in [-0.1, -0.05) is 35.3 Å². The third-order valence-electron chi connectivity index (χ3n) is 2.41. The van der Waals surface area contributed by atoms with E-state index in [-0.39, 0.29) is 6.01 Å². The van der Waals surface area contributed by atoms with E-state index < -0.39 is 0 Å². The fourth-order valence-corrected chi connectivity index (χ4v) is 1.59. The number of nitrogens with zero attached hydrogens (tertiary/aromatic N) is 2. The second-order valence-corrected chi connectivity index (χ2v) is 3.53. The predicted molar refractivity (Wildman–Crippen MR) is 62.6 cm³/mol. The first-order valence-corrected chi connectivity index (χ1v) is 5.15. The Morgan fingerprint density at radius 2 is 2.19 bits per heavy atom. The second-order valence-electron chi connectivity index (χ2n) is 3.53. The van der Waals surface area contributed by atoms with Crippen LogP contribution in [0.5, 0.6) is 0 Å². The van der Waals surface area contributed by atoms with Gasteiger partial charge in [0.1, 0.15) is 0 Å². The quantitative estimate of drug-likeness (QED) is 0.826. The lowest BCUT2D eigenvalue weighted by molar-refractivity contribution is 0.593. The first-order chi connectivity index (χ1) is 7.70. The topological polar surface area (TPSA) is 77.0 Å². The fraction of sp³-hybridized carbons (Fsp3) is 0.273. The monoisotopic (exact) mass is 218 g/mol. The minimum Gasteiger partial charge on any atom is -0.389 e. The highest BCUT2D eigenvalue weighted by Gasteiger charge is 2.08. The predicted octanol–water partition coefficient (Wildman–Crippen LogP) is 2.27. The molecular weight excluding hydrogens is 204 g/mol. The number of aryl methyl sites for hydroxylation is 2. The van der Waals surface area contributed by atoms with Gasteiger partial charge in [0.05, 0.1) is 0 Å². The number of rotatable bonds is 3. The molecule has 0 saturated heterocycles. The zero-order chi connectivity index (χ0) is 11.5. The molecule has 5 heteroatoms. The number of hydrogen-bond acceptors (Lipinski definition) is 5. The zero-order valence-corrected chi connectivity index (χ0v) is 9.32. The zero-order valence-electron chi connectivity index (χ0n) is 9.32. The van der Waals surface area contributed by atoms with Crippen molar-refractivity contribution in [3.8, 4) is 0 Å². The van der Waals surface area contributed by atoms with E-state index in [9.17, 15) is 0 Å². The maximum atomic E-state index is 5.36. The molecule has 16 heavy (non-hydrogen) atoms. The molecule has 0 amide bonds. The normalized spacial score (nSPS) is 10.4. The van der Waals surface area contributed by atoms with E-state index in [2.05, 4.69) is 28.5 Å². The Labute approximate surface area is 93.7 Å². The van der Waals surface area contributed by atoms with Gasteiger partial charge in [-0.15, -0.1) is 0 Å². The van der Waals surface area contributed by atoms with Gasteiger partial charge in [0.25, 0.3) is 0 Å². The molecule has 0 saturated carbocycles. The van der Waals surface area contributed by atoms with Crippen LogP contribution < -0.4 is 11.1 Å². The molecule has 84 valence electrons. The Kier molecular flexibility index (Phi) is 2.76. The fourth-order valence-electron chi connectivity index (χ4n) is 1.59. The summed E-state index contributed by atoms with van der Waals surface area (Å²) in [6, 6.07) is 6.51. The molecule has 3 N–H and O–H groups in total. The molecule has 0 aliphatic heterocycles. The van der Waals surface area contributed by atoms with Gasteiger partial charge in [0, 0.05) is 5.69 Å². The summed E-state index contributed by atoms with van der Waals surface area (Å²) in [6.07, 6.45) is 0.938. The van der Waals surface area contributed by atoms with Gasteiger partial charge >= 0.3 is 12.0 Å². The molecule has 0 atom stereocenters. The lowest BCUT2D eigenvalue weighted by Gasteiger charge is -2.10. The molecule has 0 aliphatic carbocycles.